The lowest BCUT2D eigenvalue weighted by Crippen LogP contribution is -2.27. The number of amides is 1. The first-order valence-electron chi connectivity index (χ1n) is 9.80. The Hall–Kier alpha value is -3.52. The summed E-state index contributed by atoms with van der Waals surface area (Å²) >= 11 is 1.38. The number of nitrogens with zero attached hydrogens (tertiary/aromatic N) is 2. The third kappa shape index (κ3) is 4.64. The van der Waals surface area contributed by atoms with Gasteiger partial charge in [-0.05, 0) is 48.4 Å². The summed E-state index contributed by atoms with van der Waals surface area (Å²) in [4.78, 5) is 30.4. The number of thiophene rings is 1. The zero-order valence-electron chi connectivity index (χ0n) is 16.8. The molecule has 0 bridgehead atoms. The standard InChI is InChI=1S/C23H20FN3O3S/c1-2-11-30-18-9-3-15(4-10-18)19-13-31-22-21(19)23(29)27(14-25-22)12-20(28)26-17-7-5-16(24)6-8-17/h3-10,13-14H,2,11-12H2,1H3,(H,26,28). The zero-order chi connectivity index (χ0) is 21.8. The third-order valence-electron chi connectivity index (χ3n) is 4.64. The molecule has 1 N–H and O–H groups in total. The smallest absolute Gasteiger partial charge is 0.263 e. The molecule has 4 rings (SSSR count). The Bertz CT molecular complexity index is 1260. The van der Waals surface area contributed by atoms with Gasteiger partial charge in [-0.1, -0.05) is 19.1 Å². The minimum Gasteiger partial charge on any atom is -0.494 e. The van der Waals surface area contributed by atoms with Crippen LogP contribution in [0.25, 0.3) is 21.3 Å². The maximum atomic E-state index is 13.1. The van der Waals surface area contributed by atoms with Crippen LogP contribution in [0.3, 0.4) is 0 Å². The van der Waals surface area contributed by atoms with E-state index in [0.29, 0.717) is 22.5 Å². The quantitative estimate of drug-likeness (QED) is 0.455. The molecule has 0 aliphatic heterocycles. The van der Waals surface area contributed by atoms with Crippen LogP contribution in [0.4, 0.5) is 10.1 Å². The Morgan fingerprint density at radius 1 is 1.16 bits per heavy atom. The van der Waals surface area contributed by atoms with Gasteiger partial charge < -0.3 is 10.1 Å². The SMILES string of the molecule is CCCOc1ccc(-c2csc3ncn(CC(=O)Nc4ccc(F)cc4)c(=O)c23)cc1. The average molecular weight is 437 g/mol. The summed E-state index contributed by atoms with van der Waals surface area (Å²) in [5.74, 6) is -0.0129. The van der Waals surface area contributed by atoms with Crippen molar-refractivity contribution in [3.8, 4) is 16.9 Å². The van der Waals surface area contributed by atoms with Crippen LogP contribution in [0.2, 0.25) is 0 Å². The van der Waals surface area contributed by atoms with Crippen molar-refractivity contribution in [2.45, 2.75) is 19.9 Å². The topological polar surface area (TPSA) is 73.2 Å². The molecule has 0 aliphatic carbocycles. The van der Waals surface area contributed by atoms with Crippen molar-refractivity contribution < 1.29 is 13.9 Å². The predicted octanol–water partition coefficient (Wildman–Crippen LogP) is 4.69. The van der Waals surface area contributed by atoms with Crippen LogP contribution in [0, 0.1) is 5.82 Å². The molecule has 0 spiro atoms. The summed E-state index contributed by atoms with van der Waals surface area (Å²) in [6.45, 7) is 2.50. The molecule has 1 amide bonds. The van der Waals surface area contributed by atoms with Crippen LogP contribution < -0.4 is 15.6 Å². The Morgan fingerprint density at radius 2 is 1.90 bits per heavy atom. The summed E-state index contributed by atoms with van der Waals surface area (Å²) in [7, 11) is 0. The zero-order valence-corrected chi connectivity index (χ0v) is 17.6. The van der Waals surface area contributed by atoms with E-state index in [1.165, 1.54) is 46.5 Å². The van der Waals surface area contributed by atoms with Gasteiger partial charge in [0.2, 0.25) is 5.91 Å². The van der Waals surface area contributed by atoms with Gasteiger partial charge in [0.05, 0.1) is 18.3 Å². The fourth-order valence-corrected chi connectivity index (χ4v) is 4.04. The molecule has 0 radical (unpaired) electrons. The predicted molar refractivity (Wildman–Crippen MR) is 120 cm³/mol. The van der Waals surface area contributed by atoms with Gasteiger partial charge in [0, 0.05) is 16.6 Å². The van der Waals surface area contributed by atoms with Crippen molar-refractivity contribution in [1.29, 1.82) is 0 Å². The van der Waals surface area contributed by atoms with E-state index < -0.39 is 5.91 Å². The molecular formula is C23H20FN3O3S. The second-order valence-electron chi connectivity index (χ2n) is 6.94. The average Bonchev–Trinajstić information content (AvgIpc) is 3.21. The van der Waals surface area contributed by atoms with E-state index in [1.807, 2.05) is 36.6 Å². The maximum Gasteiger partial charge on any atom is 0.263 e. The molecule has 8 heteroatoms. The lowest BCUT2D eigenvalue weighted by molar-refractivity contribution is -0.116. The van der Waals surface area contributed by atoms with E-state index in [1.54, 1.807) is 0 Å². The van der Waals surface area contributed by atoms with E-state index in [-0.39, 0.29) is 17.9 Å². The van der Waals surface area contributed by atoms with Crippen molar-refractivity contribution in [3.63, 3.8) is 0 Å². The molecule has 0 atom stereocenters. The second kappa shape index (κ2) is 9.09. The van der Waals surface area contributed by atoms with E-state index in [0.717, 1.165) is 23.3 Å². The third-order valence-corrected chi connectivity index (χ3v) is 5.53. The molecule has 0 unspecified atom stereocenters. The van der Waals surface area contributed by atoms with Gasteiger partial charge in [0.1, 0.15) is 22.9 Å². The fourth-order valence-electron chi connectivity index (χ4n) is 3.13. The van der Waals surface area contributed by atoms with Crippen molar-refractivity contribution in [2.24, 2.45) is 0 Å². The number of aromatic nitrogens is 2. The summed E-state index contributed by atoms with van der Waals surface area (Å²) in [5, 5.41) is 5.02. The number of hydrogen-bond acceptors (Lipinski definition) is 5. The van der Waals surface area contributed by atoms with Crippen molar-refractivity contribution in [1.82, 2.24) is 9.55 Å². The fraction of sp³-hybridized carbons (Fsp3) is 0.174. The number of halogens is 1. The molecule has 0 fully saturated rings. The van der Waals surface area contributed by atoms with Crippen LogP contribution in [0.15, 0.2) is 65.0 Å². The number of hydrogen-bond donors (Lipinski definition) is 1. The maximum absolute atomic E-state index is 13.1. The van der Waals surface area contributed by atoms with Crippen molar-refractivity contribution in [2.75, 3.05) is 11.9 Å². The number of nitrogens with one attached hydrogen (secondary N) is 1. The first-order valence-corrected chi connectivity index (χ1v) is 10.7. The number of ether oxygens (including phenoxy) is 1. The number of carbonyl (C=O) groups excluding carboxylic acids is 1. The normalized spacial score (nSPS) is 10.9. The van der Waals surface area contributed by atoms with E-state index in [2.05, 4.69) is 10.3 Å². The summed E-state index contributed by atoms with van der Waals surface area (Å²) in [6, 6.07) is 13.0. The highest BCUT2D eigenvalue weighted by molar-refractivity contribution is 7.17. The molecule has 31 heavy (non-hydrogen) atoms. The lowest BCUT2D eigenvalue weighted by atomic mass is 10.1. The summed E-state index contributed by atoms with van der Waals surface area (Å²) in [6.07, 6.45) is 2.30. The Labute approximate surface area is 181 Å². The molecular weight excluding hydrogens is 417 g/mol. The molecule has 0 saturated carbocycles. The first-order chi connectivity index (χ1) is 15.0. The summed E-state index contributed by atoms with van der Waals surface area (Å²) in [5.41, 5.74) is 1.81. The molecule has 0 aliphatic rings. The highest BCUT2D eigenvalue weighted by atomic mass is 32.1. The molecule has 2 aromatic carbocycles. The monoisotopic (exact) mass is 437 g/mol. The molecule has 6 nitrogen and oxygen atoms in total. The minimum absolute atomic E-state index is 0.196. The van der Waals surface area contributed by atoms with Gasteiger partial charge in [-0.2, -0.15) is 0 Å². The molecule has 0 saturated heterocycles. The number of rotatable bonds is 7. The Balaban J connectivity index is 1.59. The van der Waals surface area contributed by atoms with Gasteiger partial charge in [-0.15, -0.1) is 11.3 Å². The van der Waals surface area contributed by atoms with Gasteiger partial charge in [-0.25, -0.2) is 9.37 Å². The van der Waals surface area contributed by atoms with Crippen LogP contribution >= 0.6 is 11.3 Å². The number of fused-ring (bicyclic) bond motifs is 1. The van der Waals surface area contributed by atoms with Crippen LogP contribution in [-0.2, 0) is 11.3 Å². The van der Waals surface area contributed by atoms with Crippen LogP contribution in [0.1, 0.15) is 13.3 Å². The number of benzene rings is 2. The van der Waals surface area contributed by atoms with Gasteiger partial charge >= 0.3 is 0 Å². The number of anilines is 1. The van der Waals surface area contributed by atoms with Crippen LogP contribution in [-0.4, -0.2) is 22.1 Å². The van der Waals surface area contributed by atoms with Crippen molar-refractivity contribution >= 4 is 33.1 Å². The Morgan fingerprint density at radius 3 is 2.61 bits per heavy atom. The molecule has 2 aromatic heterocycles. The highest BCUT2D eigenvalue weighted by Crippen LogP contribution is 2.31. The summed E-state index contributed by atoms with van der Waals surface area (Å²) < 4.78 is 19.9. The molecule has 4 aromatic rings. The largest absolute Gasteiger partial charge is 0.494 e. The van der Waals surface area contributed by atoms with Gasteiger partial charge in [-0.3, -0.25) is 14.2 Å². The van der Waals surface area contributed by atoms with Gasteiger partial charge in [0.15, 0.2) is 0 Å². The molecule has 2 heterocycles. The van der Waals surface area contributed by atoms with E-state index in [4.69, 9.17) is 4.74 Å². The molecule has 158 valence electrons. The number of carbonyl (C=O) groups is 1. The van der Waals surface area contributed by atoms with E-state index in [9.17, 15) is 14.0 Å². The second-order valence-corrected chi connectivity index (χ2v) is 7.79. The van der Waals surface area contributed by atoms with Crippen LogP contribution in [0.5, 0.6) is 5.75 Å². The highest BCUT2D eigenvalue weighted by Gasteiger charge is 2.15. The lowest BCUT2D eigenvalue weighted by Gasteiger charge is -2.08. The van der Waals surface area contributed by atoms with Gasteiger partial charge in [0.25, 0.3) is 5.56 Å². The Kier molecular flexibility index (Phi) is 6.08. The minimum atomic E-state index is -0.399. The van der Waals surface area contributed by atoms with Crippen molar-refractivity contribution in [3.05, 3.63) is 76.4 Å². The first kappa shape index (κ1) is 20.7. The van der Waals surface area contributed by atoms with E-state index >= 15 is 0 Å².